The van der Waals surface area contributed by atoms with Gasteiger partial charge in [0.1, 0.15) is 5.65 Å². The Morgan fingerprint density at radius 1 is 1.12 bits per heavy atom. The average molecular weight is 427 g/mol. The third-order valence-corrected chi connectivity index (χ3v) is 5.47. The predicted octanol–water partition coefficient (Wildman–Crippen LogP) is 4.24. The van der Waals surface area contributed by atoms with Crippen LogP contribution >= 0.6 is 27.7 Å². The van der Waals surface area contributed by atoms with Gasteiger partial charge in [-0.05, 0) is 48.9 Å². The molecule has 0 aliphatic rings. The zero-order valence-corrected chi connectivity index (χ0v) is 16.4. The van der Waals surface area contributed by atoms with E-state index in [9.17, 15) is 4.79 Å². The van der Waals surface area contributed by atoms with E-state index in [-0.39, 0.29) is 5.56 Å². The van der Waals surface area contributed by atoms with Gasteiger partial charge in [-0.1, -0.05) is 27.7 Å². The fourth-order valence-corrected chi connectivity index (χ4v) is 3.79. The molecule has 0 aliphatic carbocycles. The monoisotopic (exact) mass is 426 g/mol. The highest BCUT2D eigenvalue weighted by Crippen LogP contribution is 2.24. The first-order valence-corrected chi connectivity index (χ1v) is 9.79. The van der Waals surface area contributed by atoms with Crippen LogP contribution in [0.4, 0.5) is 0 Å². The second-order valence-corrected chi connectivity index (χ2v) is 7.72. The highest BCUT2D eigenvalue weighted by atomic mass is 79.9. The smallest absolute Gasteiger partial charge is 0.258 e. The van der Waals surface area contributed by atoms with Crippen molar-refractivity contribution in [1.29, 1.82) is 0 Å². The van der Waals surface area contributed by atoms with Gasteiger partial charge in [0.25, 0.3) is 5.56 Å². The fourth-order valence-electron chi connectivity index (χ4n) is 2.66. The first-order valence-electron chi connectivity index (χ1n) is 8.01. The summed E-state index contributed by atoms with van der Waals surface area (Å²) in [5.41, 5.74) is 3.46. The molecule has 0 fully saturated rings. The highest BCUT2D eigenvalue weighted by Gasteiger charge is 2.08. The fraction of sp³-hybridized carbons (Fsp3) is 0.105. The molecule has 3 heterocycles. The van der Waals surface area contributed by atoms with Crippen LogP contribution < -0.4 is 5.56 Å². The van der Waals surface area contributed by atoms with Gasteiger partial charge >= 0.3 is 0 Å². The van der Waals surface area contributed by atoms with Crippen molar-refractivity contribution in [3.63, 3.8) is 0 Å². The van der Waals surface area contributed by atoms with E-state index in [2.05, 4.69) is 25.9 Å². The van der Waals surface area contributed by atoms with Crippen molar-refractivity contribution in [2.75, 3.05) is 0 Å². The highest BCUT2D eigenvalue weighted by molar-refractivity contribution is 9.10. The Morgan fingerprint density at radius 2 is 1.92 bits per heavy atom. The molecular formula is C19H15BrN4OS. The van der Waals surface area contributed by atoms with Crippen LogP contribution in [0.2, 0.25) is 0 Å². The number of hydrogen-bond acceptors (Lipinski definition) is 4. The number of aromatic nitrogens is 4. The number of rotatable bonds is 4. The van der Waals surface area contributed by atoms with Crippen LogP contribution in [-0.2, 0) is 5.75 Å². The maximum atomic E-state index is 12.3. The van der Waals surface area contributed by atoms with Gasteiger partial charge in [0.05, 0.1) is 5.69 Å². The van der Waals surface area contributed by atoms with Crippen LogP contribution in [0.3, 0.4) is 0 Å². The molecule has 0 amide bonds. The molecule has 0 saturated heterocycles. The van der Waals surface area contributed by atoms with E-state index in [4.69, 9.17) is 0 Å². The first kappa shape index (κ1) is 17.1. The topological polar surface area (TPSA) is 52.2 Å². The maximum absolute atomic E-state index is 12.3. The Kier molecular flexibility index (Phi) is 4.65. The van der Waals surface area contributed by atoms with Crippen LogP contribution in [0, 0.1) is 6.92 Å². The van der Waals surface area contributed by atoms with E-state index in [1.54, 1.807) is 34.6 Å². The van der Waals surface area contributed by atoms with Crippen LogP contribution in [0.25, 0.3) is 11.3 Å². The van der Waals surface area contributed by atoms with Crippen molar-refractivity contribution in [3.05, 3.63) is 87.1 Å². The van der Waals surface area contributed by atoms with Gasteiger partial charge in [-0.2, -0.15) is 0 Å². The standard InChI is InChI=1S/C19H15BrN4OS/c1-13-6-8-24-17(10-13)22-15(11-18(24)25)12-26-19-21-7-9-23(19)16-4-2-14(20)3-5-16/h2-11H,12H2,1H3. The molecule has 0 saturated carbocycles. The van der Waals surface area contributed by atoms with Gasteiger partial charge in [-0.25, -0.2) is 9.97 Å². The van der Waals surface area contributed by atoms with Crippen molar-refractivity contribution in [3.8, 4) is 5.69 Å². The largest absolute Gasteiger partial charge is 0.295 e. The summed E-state index contributed by atoms with van der Waals surface area (Å²) in [4.78, 5) is 21.3. The normalized spacial score (nSPS) is 11.2. The minimum Gasteiger partial charge on any atom is -0.295 e. The van der Waals surface area contributed by atoms with Gasteiger partial charge < -0.3 is 0 Å². The SMILES string of the molecule is Cc1ccn2c(=O)cc(CSc3nccn3-c3ccc(Br)cc3)nc2c1. The molecule has 3 aromatic heterocycles. The summed E-state index contributed by atoms with van der Waals surface area (Å²) in [7, 11) is 0. The number of benzene rings is 1. The average Bonchev–Trinajstić information content (AvgIpc) is 3.09. The molecule has 0 N–H and O–H groups in total. The minimum atomic E-state index is -0.0677. The lowest BCUT2D eigenvalue weighted by molar-refractivity contribution is 0.893. The van der Waals surface area contributed by atoms with Gasteiger partial charge in [-0.3, -0.25) is 13.8 Å². The minimum absolute atomic E-state index is 0.0677. The Bertz CT molecular complexity index is 1130. The zero-order chi connectivity index (χ0) is 18.1. The number of halogens is 1. The molecule has 1 aromatic carbocycles. The van der Waals surface area contributed by atoms with Crippen molar-refractivity contribution in [2.45, 2.75) is 17.8 Å². The number of nitrogens with zero attached hydrogens (tertiary/aromatic N) is 4. The van der Waals surface area contributed by atoms with Crippen molar-refractivity contribution in [2.24, 2.45) is 0 Å². The molecule has 0 aliphatic heterocycles. The van der Waals surface area contributed by atoms with E-state index in [0.717, 1.165) is 26.6 Å². The molecule has 0 bridgehead atoms. The first-order chi connectivity index (χ1) is 12.6. The van der Waals surface area contributed by atoms with Crippen LogP contribution in [0.1, 0.15) is 11.3 Å². The number of aryl methyl sites for hydroxylation is 1. The van der Waals surface area contributed by atoms with Gasteiger partial charge in [0.2, 0.25) is 0 Å². The number of pyridine rings is 1. The second kappa shape index (κ2) is 7.09. The second-order valence-electron chi connectivity index (χ2n) is 5.86. The number of hydrogen-bond donors (Lipinski definition) is 0. The molecule has 130 valence electrons. The third-order valence-electron chi connectivity index (χ3n) is 3.94. The maximum Gasteiger partial charge on any atom is 0.258 e. The van der Waals surface area contributed by atoms with Crippen molar-refractivity contribution in [1.82, 2.24) is 18.9 Å². The van der Waals surface area contributed by atoms with E-state index < -0.39 is 0 Å². The molecule has 0 atom stereocenters. The van der Waals surface area contributed by atoms with Gasteiger partial charge in [0.15, 0.2) is 5.16 Å². The van der Waals surface area contributed by atoms with E-state index in [1.807, 2.05) is 54.1 Å². The molecule has 7 heteroatoms. The Morgan fingerprint density at radius 3 is 2.73 bits per heavy atom. The lowest BCUT2D eigenvalue weighted by Crippen LogP contribution is -2.15. The van der Waals surface area contributed by atoms with E-state index in [1.165, 1.54) is 0 Å². The van der Waals surface area contributed by atoms with Crippen LogP contribution in [-0.4, -0.2) is 18.9 Å². The summed E-state index contributed by atoms with van der Waals surface area (Å²) < 4.78 is 4.62. The zero-order valence-electron chi connectivity index (χ0n) is 14.0. The number of thioether (sulfide) groups is 1. The molecule has 0 unspecified atom stereocenters. The Balaban J connectivity index is 1.60. The predicted molar refractivity (Wildman–Crippen MR) is 107 cm³/mol. The van der Waals surface area contributed by atoms with Gasteiger partial charge in [0, 0.05) is 40.6 Å². The molecule has 0 radical (unpaired) electrons. The molecular weight excluding hydrogens is 412 g/mol. The molecule has 0 spiro atoms. The molecule has 4 rings (SSSR count). The Hall–Kier alpha value is -2.38. The lowest BCUT2D eigenvalue weighted by Gasteiger charge is -2.08. The summed E-state index contributed by atoms with van der Waals surface area (Å²) in [5.74, 6) is 0.577. The van der Waals surface area contributed by atoms with E-state index >= 15 is 0 Å². The van der Waals surface area contributed by atoms with Crippen LogP contribution in [0.15, 0.2) is 75.5 Å². The summed E-state index contributed by atoms with van der Waals surface area (Å²) in [6, 6.07) is 13.5. The Labute approximate surface area is 162 Å². The van der Waals surface area contributed by atoms with Gasteiger partial charge in [-0.15, -0.1) is 0 Å². The lowest BCUT2D eigenvalue weighted by atomic mass is 10.3. The number of fused-ring (bicyclic) bond motifs is 1. The summed E-state index contributed by atoms with van der Waals surface area (Å²) in [5, 5.41) is 0.860. The molecule has 5 nitrogen and oxygen atoms in total. The number of imidazole rings is 1. The summed E-state index contributed by atoms with van der Waals surface area (Å²) in [6.07, 6.45) is 5.46. The summed E-state index contributed by atoms with van der Waals surface area (Å²) >= 11 is 5.01. The quantitative estimate of drug-likeness (QED) is 0.457. The molecule has 4 aromatic rings. The van der Waals surface area contributed by atoms with Crippen molar-refractivity contribution < 1.29 is 0 Å². The molecule has 26 heavy (non-hydrogen) atoms. The summed E-state index contributed by atoms with van der Waals surface area (Å²) in [6.45, 7) is 1.99. The van der Waals surface area contributed by atoms with Crippen LogP contribution in [0.5, 0.6) is 0 Å². The third kappa shape index (κ3) is 3.45. The van der Waals surface area contributed by atoms with E-state index in [0.29, 0.717) is 11.4 Å². The van der Waals surface area contributed by atoms with Crippen molar-refractivity contribution >= 4 is 33.3 Å².